The molecule has 0 aliphatic carbocycles. The van der Waals surface area contributed by atoms with Crippen molar-refractivity contribution in [2.75, 3.05) is 23.9 Å². The number of ether oxygens (including phenoxy) is 1. The molecular weight excluding hydrogens is 220 g/mol. The van der Waals surface area contributed by atoms with Gasteiger partial charge in [-0.15, -0.1) is 0 Å². The van der Waals surface area contributed by atoms with Crippen LogP contribution in [0.1, 0.15) is 20.8 Å². The number of nitrogens with one attached hydrogen (secondary N) is 1. The molecule has 6 nitrogen and oxygen atoms in total. The van der Waals surface area contributed by atoms with E-state index in [0.29, 0.717) is 17.4 Å². The highest BCUT2D eigenvalue weighted by Crippen LogP contribution is 2.36. The average molecular weight is 236 g/mol. The molecule has 1 amide bonds. The lowest BCUT2D eigenvalue weighted by molar-refractivity contribution is -0.115. The molecule has 0 radical (unpaired) electrons. The lowest BCUT2D eigenvalue weighted by atomic mass is 10.0. The van der Waals surface area contributed by atoms with Crippen LogP contribution in [0.5, 0.6) is 5.88 Å². The van der Waals surface area contributed by atoms with Gasteiger partial charge in [0.25, 0.3) is 0 Å². The normalized spacial score (nSPS) is 15.3. The Kier molecular flexibility index (Phi) is 2.65. The molecule has 1 aromatic heterocycles. The minimum absolute atomic E-state index is 0.0828. The van der Waals surface area contributed by atoms with Crippen molar-refractivity contribution in [1.82, 2.24) is 9.97 Å². The largest absolute Gasteiger partial charge is 0.479 e. The number of hydrogen-bond donors (Lipinski definition) is 1. The highest BCUT2D eigenvalue weighted by atomic mass is 16.5. The lowest BCUT2D eigenvalue weighted by Crippen LogP contribution is -2.49. The molecule has 2 heterocycles. The summed E-state index contributed by atoms with van der Waals surface area (Å²) in [6.07, 6.45) is 1.44. The lowest BCUT2D eigenvalue weighted by Gasteiger charge is -2.39. The first-order valence-corrected chi connectivity index (χ1v) is 5.40. The van der Waals surface area contributed by atoms with Gasteiger partial charge in [-0.05, 0) is 20.8 Å². The predicted molar refractivity (Wildman–Crippen MR) is 64.3 cm³/mol. The van der Waals surface area contributed by atoms with Crippen LogP contribution in [0, 0.1) is 0 Å². The minimum atomic E-state index is -0.189. The van der Waals surface area contributed by atoms with Crippen LogP contribution in [0.3, 0.4) is 0 Å². The fourth-order valence-electron chi connectivity index (χ4n) is 1.78. The van der Waals surface area contributed by atoms with Gasteiger partial charge >= 0.3 is 0 Å². The van der Waals surface area contributed by atoms with Gasteiger partial charge in [0.1, 0.15) is 12.0 Å². The van der Waals surface area contributed by atoms with E-state index in [1.807, 2.05) is 25.7 Å². The highest BCUT2D eigenvalue weighted by molar-refractivity contribution is 6.01. The van der Waals surface area contributed by atoms with Gasteiger partial charge < -0.3 is 15.0 Å². The number of carbonyl (C=O) groups excluding carboxylic acids is 1. The number of aromatic nitrogens is 2. The molecule has 92 valence electrons. The van der Waals surface area contributed by atoms with Crippen molar-refractivity contribution in [3.63, 3.8) is 0 Å². The molecule has 1 aromatic rings. The van der Waals surface area contributed by atoms with Gasteiger partial charge in [-0.2, -0.15) is 4.98 Å². The van der Waals surface area contributed by atoms with Crippen LogP contribution in [0.4, 0.5) is 11.5 Å². The molecule has 6 heteroatoms. The first-order valence-electron chi connectivity index (χ1n) is 5.40. The third kappa shape index (κ3) is 2.02. The maximum Gasteiger partial charge on any atom is 0.244 e. The molecule has 0 unspecified atom stereocenters. The summed E-state index contributed by atoms with van der Waals surface area (Å²) < 4.78 is 5.13. The molecule has 0 spiro atoms. The van der Waals surface area contributed by atoms with Gasteiger partial charge in [0.15, 0.2) is 5.82 Å². The second-order valence-electron chi connectivity index (χ2n) is 4.89. The molecule has 0 saturated heterocycles. The van der Waals surface area contributed by atoms with E-state index >= 15 is 0 Å². The molecule has 0 fully saturated rings. The quantitative estimate of drug-likeness (QED) is 0.789. The van der Waals surface area contributed by atoms with Gasteiger partial charge in [0.05, 0.1) is 13.7 Å². The number of rotatable bonds is 1. The van der Waals surface area contributed by atoms with Crippen molar-refractivity contribution in [3.8, 4) is 5.88 Å². The number of nitrogens with zero attached hydrogens (tertiary/aromatic N) is 3. The number of fused-ring (bicyclic) bond motifs is 1. The standard InChI is InChI=1S/C11H16N4O2/c1-11(2,3)15-5-7(16)14-8-9(15)12-6-13-10(8)17-4/h6H,5H2,1-4H3,(H,14,16). The van der Waals surface area contributed by atoms with Crippen molar-refractivity contribution in [1.29, 1.82) is 0 Å². The average Bonchev–Trinajstić information content (AvgIpc) is 2.26. The number of anilines is 2. The molecule has 0 atom stereocenters. The Hall–Kier alpha value is -1.85. The van der Waals surface area contributed by atoms with Gasteiger partial charge in [0.2, 0.25) is 11.8 Å². The molecule has 0 aromatic carbocycles. The van der Waals surface area contributed by atoms with Crippen molar-refractivity contribution in [2.24, 2.45) is 0 Å². The number of hydrogen-bond acceptors (Lipinski definition) is 5. The number of carbonyl (C=O) groups is 1. The van der Waals surface area contributed by atoms with Gasteiger partial charge in [-0.25, -0.2) is 4.98 Å². The van der Waals surface area contributed by atoms with Crippen molar-refractivity contribution in [3.05, 3.63) is 6.33 Å². The van der Waals surface area contributed by atoms with E-state index in [-0.39, 0.29) is 18.0 Å². The Morgan fingerprint density at radius 2 is 2.12 bits per heavy atom. The number of methoxy groups -OCH3 is 1. The van der Waals surface area contributed by atoms with Gasteiger partial charge in [0, 0.05) is 5.54 Å². The minimum Gasteiger partial charge on any atom is -0.479 e. The van der Waals surface area contributed by atoms with E-state index in [0.717, 1.165) is 0 Å². The maximum absolute atomic E-state index is 11.7. The van der Waals surface area contributed by atoms with Crippen LogP contribution < -0.4 is 15.0 Å². The summed E-state index contributed by atoms with van der Waals surface area (Å²) in [5.41, 5.74) is 0.354. The van der Waals surface area contributed by atoms with Crippen LogP contribution in [0.2, 0.25) is 0 Å². The first kappa shape index (κ1) is 11.6. The second-order valence-corrected chi connectivity index (χ2v) is 4.89. The molecule has 1 aliphatic heterocycles. The molecule has 1 N–H and O–H groups in total. The summed E-state index contributed by atoms with van der Waals surface area (Å²) in [7, 11) is 1.52. The zero-order valence-electron chi connectivity index (χ0n) is 10.4. The molecule has 0 bridgehead atoms. The summed E-state index contributed by atoms with van der Waals surface area (Å²) in [5.74, 6) is 1.00. The number of amides is 1. The Balaban J connectivity index is 2.55. The summed E-state index contributed by atoms with van der Waals surface area (Å²) in [4.78, 5) is 21.8. The van der Waals surface area contributed by atoms with E-state index in [4.69, 9.17) is 4.74 Å². The van der Waals surface area contributed by atoms with Crippen molar-refractivity contribution < 1.29 is 9.53 Å². The van der Waals surface area contributed by atoms with Crippen molar-refractivity contribution >= 4 is 17.4 Å². The van der Waals surface area contributed by atoms with E-state index in [9.17, 15) is 4.79 Å². The van der Waals surface area contributed by atoms with Crippen LogP contribution in [-0.2, 0) is 4.79 Å². The van der Waals surface area contributed by atoms with E-state index in [1.165, 1.54) is 13.4 Å². The van der Waals surface area contributed by atoms with Crippen LogP contribution in [0.15, 0.2) is 6.33 Å². The first-order chi connectivity index (χ1) is 7.93. The fraction of sp³-hybridized carbons (Fsp3) is 0.545. The Labute approximate surface area is 100 Å². The van der Waals surface area contributed by atoms with Crippen molar-refractivity contribution in [2.45, 2.75) is 26.3 Å². The summed E-state index contributed by atoms with van der Waals surface area (Å²) in [6, 6.07) is 0. The van der Waals surface area contributed by atoms with E-state index in [2.05, 4.69) is 15.3 Å². The SMILES string of the molecule is COc1ncnc2c1NC(=O)CN2C(C)(C)C. The Bertz CT molecular complexity index is 453. The molecule has 1 aliphatic rings. The predicted octanol–water partition coefficient (Wildman–Crippen LogP) is 1.04. The second kappa shape index (κ2) is 3.87. The smallest absolute Gasteiger partial charge is 0.244 e. The molecule has 2 rings (SSSR count). The van der Waals surface area contributed by atoms with Gasteiger partial charge in [-0.3, -0.25) is 4.79 Å². The molecule has 17 heavy (non-hydrogen) atoms. The summed E-state index contributed by atoms with van der Waals surface area (Å²) in [5, 5.41) is 2.75. The van der Waals surface area contributed by atoms with Gasteiger partial charge in [-0.1, -0.05) is 0 Å². The Morgan fingerprint density at radius 1 is 1.41 bits per heavy atom. The molecular formula is C11H16N4O2. The van der Waals surface area contributed by atoms with E-state index in [1.54, 1.807) is 0 Å². The van der Waals surface area contributed by atoms with Crippen LogP contribution in [0.25, 0.3) is 0 Å². The third-order valence-electron chi connectivity index (χ3n) is 2.62. The summed E-state index contributed by atoms with van der Waals surface area (Å²) >= 11 is 0. The third-order valence-corrected chi connectivity index (χ3v) is 2.62. The zero-order chi connectivity index (χ0) is 12.6. The Morgan fingerprint density at radius 3 is 2.71 bits per heavy atom. The van der Waals surface area contributed by atoms with E-state index < -0.39 is 0 Å². The fourth-order valence-corrected chi connectivity index (χ4v) is 1.78. The zero-order valence-corrected chi connectivity index (χ0v) is 10.4. The monoisotopic (exact) mass is 236 g/mol. The van der Waals surface area contributed by atoms with Crippen LogP contribution >= 0.6 is 0 Å². The maximum atomic E-state index is 11.7. The van der Waals surface area contributed by atoms with Crippen LogP contribution in [-0.4, -0.2) is 35.1 Å². The molecule has 0 saturated carbocycles. The topological polar surface area (TPSA) is 67.4 Å². The summed E-state index contributed by atoms with van der Waals surface area (Å²) in [6.45, 7) is 6.38. The highest BCUT2D eigenvalue weighted by Gasteiger charge is 2.33.